The Kier molecular flexibility index (Phi) is 6.12. The van der Waals surface area contributed by atoms with Gasteiger partial charge in [-0.25, -0.2) is 0 Å². The largest absolute Gasteiger partial charge is 0.369 e. The minimum absolute atomic E-state index is 0.0553. The van der Waals surface area contributed by atoms with Crippen LogP contribution in [0.25, 0.3) is 0 Å². The minimum atomic E-state index is -0.429. The molecule has 2 rings (SSSR count). The predicted molar refractivity (Wildman–Crippen MR) is 89.6 cm³/mol. The molecule has 1 aliphatic heterocycles. The average Bonchev–Trinajstić information content (AvgIpc) is 2.93. The number of hydrogen-bond acceptors (Lipinski definition) is 4. The van der Waals surface area contributed by atoms with Gasteiger partial charge in [-0.1, -0.05) is 30.3 Å². The molecule has 0 unspecified atom stereocenters. The highest BCUT2D eigenvalue weighted by Crippen LogP contribution is 2.13. The van der Waals surface area contributed by atoms with Crippen molar-refractivity contribution < 1.29 is 9.59 Å². The topological polar surface area (TPSA) is 78.7 Å². The molecule has 2 amide bonds. The second kappa shape index (κ2) is 8.08. The van der Waals surface area contributed by atoms with Crippen LogP contribution in [0.5, 0.6) is 0 Å². The Morgan fingerprint density at radius 3 is 2.74 bits per heavy atom. The van der Waals surface area contributed by atoms with E-state index in [0.29, 0.717) is 0 Å². The Bertz CT molecular complexity index is 535. The zero-order valence-corrected chi connectivity index (χ0v) is 13.9. The molecule has 1 aromatic carbocycles. The number of likely N-dealkylation sites (tertiary alicyclic amines) is 1. The lowest BCUT2D eigenvalue weighted by atomic mass is 10.2. The first-order valence-electron chi connectivity index (χ1n) is 8.01. The molecule has 1 aromatic rings. The van der Waals surface area contributed by atoms with E-state index < -0.39 is 5.91 Å². The maximum absolute atomic E-state index is 12.3. The standard InChI is InChI=1S/C17H26N4O2/c1-13(20(2)12-16(18)22)17(23)19-15-8-9-21(11-15)10-14-6-4-3-5-7-14/h3-7,13,15H,8-12H2,1-2H3,(H2,18,22)(H,19,23)/t13-,15-/m1/s1. The number of amides is 2. The van der Waals surface area contributed by atoms with Gasteiger partial charge in [0.1, 0.15) is 0 Å². The van der Waals surface area contributed by atoms with Crippen LogP contribution >= 0.6 is 0 Å². The van der Waals surface area contributed by atoms with Gasteiger partial charge >= 0.3 is 0 Å². The summed E-state index contributed by atoms with van der Waals surface area (Å²) >= 11 is 0. The summed E-state index contributed by atoms with van der Waals surface area (Å²) in [4.78, 5) is 27.2. The maximum Gasteiger partial charge on any atom is 0.237 e. The van der Waals surface area contributed by atoms with Crippen LogP contribution in [0.3, 0.4) is 0 Å². The van der Waals surface area contributed by atoms with Crippen LogP contribution in [0.1, 0.15) is 18.9 Å². The van der Waals surface area contributed by atoms with E-state index in [2.05, 4.69) is 22.3 Å². The fourth-order valence-electron chi connectivity index (χ4n) is 2.84. The highest BCUT2D eigenvalue weighted by molar-refractivity contribution is 5.83. The molecule has 0 bridgehead atoms. The molecule has 3 N–H and O–H groups in total. The van der Waals surface area contributed by atoms with E-state index in [-0.39, 0.29) is 24.5 Å². The Labute approximate surface area is 137 Å². The van der Waals surface area contributed by atoms with E-state index in [1.54, 1.807) is 18.9 Å². The van der Waals surface area contributed by atoms with Crippen molar-refractivity contribution >= 4 is 11.8 Å². The molecule has 23 heavy (non-hydrogen) atoms. The van der Waals surface area contributed by atoms with E-state index in [0.717, 1.165) is 26.1 Å². The lowest BCUT2D eigenvalue weighted by molar-refractivity contribution is -0.127. The summed E-state index contributed by atoms with van der Waals surface area (Å²) in [6, 6.07) is 10.1. The molecular formula is C17H26N4O2. The van der Waals surface area contributed by atoms with Gasteiger partial charge in [-0.15, -0.1) is 0 Å². The van der Waals surface area contributed by atoms with Crippen molar-refractivity contribution in [1.29, 1.82) is 0 Å². The van der Waals surface area contributed by atoms with Gasteiger partial charge in [0.25, 0.3) is 0 Å². The molecule has 0 radical (unpaired) electrons. The first-order valence-corrected chi connectivity index (χ1v) is 8.01. The zero-order chi connectivity index (χ0) is 16.8. The molecule has 0 saturated carbocycles. The fourth-order valence-corrected chi connectivity index (χ4v) is 2.84. The number of benzene rings is 1. The Morgan fingerprint density at radius 1 is 1.39 bits per heavy atom. The van der Waals surface area contributed by atoms with Gasteiger partial charge in [0.05, 0.1) is 12.6 Å². The van der Waals surface area contributed by atoms with E-state index in [1.807, 2.05) is 18.2 Å². The summed E-state index contributed by atoms with van der Waals surface area (Å²) in [6.45, 7) is 4.61. The lowest BCUT2D eigenvalue weighted by Gasteiger charge is -2.24. The van der Waals surface area contributed by atoms with Gasteiger partial charge in [-0.05, 0) is 26.0 Å². The second-order valence-electron chi connectivity index (χ2n) is 6.27. The molecule has 6 heteroatoms. The first kappa shape index (κ1) is 17.4. The van der Waals surface area contributed by atoms with Gasteiger partial charge in [0, 0.05) is 25.7 Å². The number of rotatable bonds is 7. The third kappa shape index (κ3) is 5.33. The lowest BCUT2D eigenvalue weighted by Crippen LogP contribution is -2.49. The predicted octanol–water partition coefficient (Wildman–Crippen LogP) is 0.183. The molecule has 6 nitrogen and oxygen atoms in total. The van der Waals surface area contributed by atoms with Gasteiger partial charge in [-0.3, -0.25) is 19.4 Å². The quantitative estimate of drug-likeness (QED) is 0.752. The number of carbonyl (C=O) groups excluding carboxylic acids is 2. The molecule has 2 atom stereocenters. The van der Waals surface area contributed by atoms with Gasteiger partial charge in [-0.2, -0.15) is 0 Å². The number of nitrogens with one attached hydrogen (secondary N) is 1. The van der Waals surface area contributed by atoms with Crippen molar-refractivity contribution in [2.24, 2.45) is 5.73 Å². The fraction of sp³-hybridized carbons (Fsp3) is 0.529. The maximum atomic E-state index is 12.3. The van der Waals surface area contributed by atoms with Crippen molar-refractivity contribution in [1.82, 2.24) is 15.1 Å². The monoisotopic (exact) mass is 318 g/mol. The van der Waals surface area contributed by atoms with Crippen LogP contribution in [0.4, 0.5) is 0 Å². The third-order valence-corrected chi connectivity index (χ3v) is 4.31. The molecule has 0 spiro atoms. The number of likely N-dealkylation sites (N-methyl/N-ethyl adjacent to an activating group) is 1. The molecule has 126 valence electrons. The van der Waals surface area contributed by atoms with Gasteiger partial charge in [0.2, 0.25) is 11.8 Å². The van der Waals surface area contributed by atoms with E-state index in [9.17, 15) is 9.59 Å². The van der Waals surface area contributed by atoms with Crippen molar-refractivity contribution in [2.75, 3.05) is 26.7 Å². The summed E-state index contributed by atoms with van der Waals surface area (Å²) < 4.78 is 0. The van der Waals surface area contributed by atoms with Crippen LogP contribution < -0.4 is 11.1 Å². The highest BCUT2D eigenvalue weighted by atomic mass is 16.2. The molecule has 0 aromatic heterocycles. The number of nitrogens with two attached hydrogens (primary N) is 1. The third-order valence-electron chi connectivity index (χ3n) is 4.31. The van der Waals surface area contributed by atoms with E-state index >= 15 is 0 Å². The summed E-state index contributed by atoms with van der Waals surface area (Å²) in [5, 5.41) is 3.07. The number of nitrogens with zero attached hydrogens (tertiary/aromatic N) is 2. The Morgan fingerprint density at radius 2 is 2.09 bits per heavy atom. The molecular weight excluding hydrogens is 292 g/mol. The van der Waals surface area contributed by atoms with Crippen LogP contribution in [0, 0.1) is 0 Å². The molecule has 1 aliphatic rings. The van der Waals surface area contributed by atoms with Crippen LogP contribution in [-0.4, -0.2) is 60.4 Å². The summed E-state index contributed by atoms with van der Waals surface area (Å²) in [5.74, 6) is -0.484. The van der Waals surface area contributed by atoms with Crippen LogP contribution in [0.15, 0.2) is 30.3 Å². The molecule has 0 aliphatic carbocycles. The number of hydrogen-bond donors (Lipinski definition) is 2. The van der Waals surface area contributed by atoms with Crippen LogP contribution in [-0.2, 0) is 16.1 Å². The summed E-state index contributed by atoms with van der Waals surface area (Å²) in [5.41, 5.74) is 6.45. The second-order valence-corrected chi connectivity index (χ2v) is 6.27. The normalized spacial score (nSPS) is 19.7. The Hall–Kier alpha value is -1.92. The zero-order valence-electron chi connectivity index (χ0n) is 13.9. The van der Waals surface area contributed by atoms with Crippen molar-refractivity contribution in [3.63, 3.8) is 0 Å². The smallest absolute Gasteiger partial charge is 0.237 e. The van der Waals surface area contributed by atoms with Crippen molar-refractivity contribution in [2.45, 2.75) is 32.0 Å². The Balaban J connectivity index is 1.78. The number of primary amides is 1. The summed E-state index contributed by atoms with van der Waals surface area (Å²) in [6.07, 6.45) is 0.949. The van der Waals surface area contributed by atoms with E-state index in [1.165, 1.54) is 5.56 Å². The van der Waals surface area contributed by atoms with Crippen LogP contribution in [0.2, 0.25) is 0 Å². The number of carbonyl (C=O) groups is 2. The van der Waals surface area contributed by atoms with Crippen molar-refractivity contribution in [3.8, 4) is 0 Å². The van der Waals surface area contributed by atoms with Crippen molar-refractivity contribution in [3.05, 3.63) is 35.9 Å². The molecule has 1 heterocycles. The van der Waals surface area contributed by atoms with E-state index in [4.69, 9.17) is 5.73 Å². The van der Waals surface area contributed by atoms with Gasteiger partial charge < -0.3 is 11.1 Å². The van der Waals surface area contributed by atoms with Gasteiger partial charge in [0.15, 0.2) is 0 Å². The first-order chi connectivity index (χ1) is 11.0. The molecule has 1 saturated heterocycles. The average molecular weight is 318 g/mol. The SMILES string of the molecule is C[C@H](C(=O)N[C@@H]1CCN(Cc2ccccc2)C1)N(C)CC(N)=O. The highest BCUT2D eigenvalue weighted by Gasteiger charge is 2.27. The minimum Gasteiger partial charge on any atom is -0.369 e. The molecule has 1 fully saturated rings. The summed E-state index contributed by atoms with van der Waals surface area (Å²) in [7, 11) is 1.73.